The Bertz CT molecular complexity index is 2890. The number of aromatic nitrogens is 4. The minimum Gasteiger partial charge on any atom is -0.248 e. The summed E-state index contributed by atoms with van der Waals surface area (Å²) in [5, 5.41) is 2.39. The lowest BCUT2D eigenvalue weighted by molar-refractivity contribution is 1.07. The van der Waals surface area contributed by atoms with E-state index in [0.717, 1.165) is 61.5 Å². The summed E-state index contributed by atoms with van der Waals surface area (Å²) in [5.74, 6) is 1.93. The van der Waals surface area contributed by atoms with E-state index >= 15 is 0 Å². The fourth-order valence-corrected chi connectivity index (χ4v) is 7.60. The van der Waals surface area contributed by atoms with Gasteiger partial charge in [-0.25, -0.2) is 19.9 Å². The Morgan fingerprint density at radius 2 is 0.638 bits per heavy atom. The van der Waals surface area contributed by atoms with Gasteiger partial charge in [-0.3, -0.25) is 0 Å². The molecule has 0 aliphatic rings. The maximum Gasteiger partial charge on any atom is 0.164 e. The summed E-state index contributed by atoms with van der Waals surface area (Å²) in [6, 6.07) is 76.0. The van der Waals surface area contributed by atoms with Gasteiger partial charge in [-0.15, -0.1) is 0 Å². The molecule has 0 unspecified atom stereocenters. The summed E-state index contributed by atoms with van der Waals surface area (Å²) in [5.41, 5.74) is 13.8. The Kier molecular flexibility index (Phi) is 9.18. The molecule has 10 rings (SSSR count). The zero-order valence-electron chi connectivity index (χ0n) is 31.6. The predicted molar refractivity (Wildman–Crippen MR) is 239 cm³/mol. The quantitative estimate of drug-likeness (QED) is 0.156. The first-order valence-corrected chi connectivity index (χ1v) is 19.5. The Balaban J connectivity index is 1.04. The molecule has 0 aliphatic heterocycles. The van der Waals surface area contributed by atoms with Gasteiger partial charge in [0.1, 0.15) is 0 Å². The SMILES string of the molecule is c1ccc(-c2cc(-c3ccc(-c4ccc5ccccc5c4-c4ccc(-c5nc(-c6ccccc6)nc(-c6ccccc6)n5)cc4)cc3)cc(-c3ccccc3)n2)cc1. The van der Waals surface area contributed by atoms with Gasteiger partial charge in [0.15, 0.2) is 17.5 Å². The highest BCUT2D eigenvalue weighted by Gasteiger charge is 2.16. The normalized spacial score (nSPS) is 11.1. The molecule has 0 radical (unpaired) electrons. The smallest absolute Gasteiger partial charge is 0.164 e. The summed E-state index contributed by atoms with van der Waals surface area (Å²) in [4.78, 5) is 19.9. The summed E-state index contributed by atoms with van der Waals surface area (Å²) >= 11 is 0. The highest BCUT2D eigenvalue weighted by Crippen LogP contribution is 2.40. The molecule has 2 heterocycles. The summed E-state index contributed by atoms with van der Waals surface area (Å²) in [6.45, 7) is 0. The first-order valence-electron chi connectivity index (χ1n) is 19.5. The Hall–Kier alpha value is -7.82. The van der Waals surface area contributed by atoms with Crippen LogP contribution in [0.5, 0.6) is 0 Å². The number of rotatable bonds is 8. The van der Waals surface area contributed by atoms with Crippen molar-refractivity contribution in [2.24, 2.45) is 0 Å². The van der Waals surface area contributed by atoms with Crippen molar-refractivity contribution in [3.8, 4) is 90.1 Å². The molecular weight excluding hydrogens is 705 g/mol. The molecule has 0 saturated heterocycles. The molecule has 0 amide bonds. The molecule has 0 spiro atoms. The number of fused-ring (bicyclic) bond motifs is 1. The second-order valence-corrected chi connectivity index (χ2v) is 14.3. The van der Waals surface area contributed by atoms with Crippen LogP contribution < -0.4 is 0 Å². The van der Waals surface area contributed by atoms with Gasteiger partial charge in [0.25, 0.3) is 0 Å². The van der Waals surface area contributed by atoms with Crippen molar-refractivity contribution in [2.75, 3.05) is 0 Å². The second kappa shape index (κ2) is 15.4. The highest BCUT2D eigenvalue weighted by atomic mass is 15.0. The molecule has 0 atom stereocenters. The predicted octanol–water partition coefficient (Wildman–Crippen LogP) is 13.8. The molecule has 272 valence electrons. The first-order chi connectivity index (χ1) is 28.7. The molecule has 0 saturated carbocycles. The van der Waals surface area contributed by atoms with E-state index in [2.05, 4.69) is 146 Å². The van der Waals surface area contributed by atoms with Crippen molar-refractivity contribution < 1.29 is 0 Å². The van der Waals surface area contributed by atoms with Gasteiger partial charge in [-0.2, -0.15) is 0 Å². The summed E-state index contributed by atoms with van der Waals surface area (Å²) in [6.07, 6.45) is 0. The van der Waals surface area contributed by atoms with Crippen LogP contribution in [0.1, 0.15) is 0 Å². The van der Waals surface area contributed by atoms with Crippen LogP contribution in [0, 0.1) is 0 Å². The number of hydrogen-bond acceptors (Lipinski definition) is 4. The first kappa shape index (κ1) is 34.7. The van der Waals surface area contributed by atoms with Crippen LogP contribution >= 0.6 is 0 Å². The zero-order chi connectivity index (χ0) is 38.7. The third kappa shape index (κ3) is 6.95. The van der Waals surface area contributed by atoms with E-state index in [0.29, 0.717) is 17.5 Å². The van der Waals surface area contributed by atoms with Crippen LogP contribution in [-0.2, 0) is 0 Å². The lowest BCUT2D eigenvalue weighted by Crippen LogP contribution is -2.00. The van der Waals surface area contributed by atoms with Crippen molar-refractivity contribution in [2.45, 2.75) is 0 Å². The summed E-state index contributed by atoms with van der Waals surface area (Å²) < 4.78 is 0. The monoisotopic (exact) mass is 740 g/mol. The molecule has 0 bridgehead atoms. The van der Waals surface area contributed by atoms with E-state index in [4.69, 9.17) is 19.9 Å². The fraction of sp³-hybridized carbons (Fsp3) is 0. The number of nitrogens with zero attached hydrogens (tertiary/aromatic N) is 4. The molecule has 10 aromatic rings. The Morgan fingerprint density at radius 1 is 0.241 bits per heavy atom. The average Bonchev–Trinajstić information content (AvgIpc) is 3.32. The lowest BCUT2D eigenvalue weighted by Gasteiger charge is -2.16. The maximum absolute atomic E-state index is 5.09. The topological polar surface area (TPSA) is 51.6 Å². The molecule has 0 fully saturated rings. The van der Waals surface area contributed by atoms with Gasteiger partial charge in [0.05, 0.1) is 11.4 Å². The van der Waals surface area contributed by atoms with Crippen molar-refractivity contribution in [3.05, 3.63) is 218 Å². The maximum atomic E-state index is 5.09. The van der Waals surface area contributed by atoms with Gasteiger partial charge < -0.3 is 0 Å². The standard InChI is InChI=1S/C54H36N4/c1-5-16-40(17-6-1)49-35-46(36-50(55-49)41-18-7-2-8-19-41)37-25-27-39(28-26-37)48-34-33-38-15-13-14-24-47(38)51(48)42-29-31-45(32-30-42)54-57-52(43-20-9-3-10-21-43)56-53(58-54)44-22-11-4-12-23-44/h1-36H. The number of hydrogen-bond donors (Lipinski definition) is 0. The molecular formula is C54H36N4. The third-order valence-corrected chi connectivity index (χ3v) is 10.6. The molecule has 4 nitrogen and oxygen atoms in total. The minimum atomic E-state index is 0.634. The Morgan fingerprint density at radius 3 is 1.16 bits per heavy atom. The second-order valence-electron chi connectivity index (χ2n) is 14.3. The van der Waals surface area contributed by atoms with Crippen molar-refractivity contribution in [1.82, 2.24) is 19.9 Å². The Labute approximate surface area is 337 Å². The molecule has 0 aliphatic carbocycles. The van der Waals surface area contributed by atoms with Crippen LogP contribution in [0.4, 0.5) is 0 Å². The van der Waals surface area contributed by atoms with E-state index in [-0.39, 0.29) is 0 Å². The molecule has 4 heteroatoms. The van der Waals surface area contributed by atoms with Crippen LogP contribution in [0.15, 0.2) is 218 Å². The average molecular weight is 741 g/mol. The van der Waals surface area contributed by atoms with E-state index in [9.17, 15) is 0 Å². The van der Waals surface area contributed by atoms with E-state index in [1.165, 1.54) is 21.9 Å². The molecule has 8 aromatic carbocycles. The van der Waals surface area contributed by atoms with Crippen molar-refractivity contribution in [1.29, 1.82) is 0 Å². The zero-order valence-corrected chi connectivity index (χ0v) is 31.6. The molecule has 58 heavy (non-hydrogen) atoms. The van der Waals surface area contributed by atoms with Crippen LogP contribution in [0.25, 0.3) is 101 Å². The van der Waals surface area contributed by atoms with Crippen LogP contribution in [-0.4, -0.2) is 19.9 Å². The number of benzene rings is 8. The third-order valence-electron chi connectivity index (χ3n) is 10.6. The number of pyridine rings is 1. The fourth-order valence-electron chi connectivity index (χ4n) is 7.60. The highest BCUT2D eigenvalue weighted by molar-refractivity contribution is 6.04. The van der Waals surface area contributed by atoms with Gasteiger partial charge in [-0.05, 0) is 56.3 Å². The molecule has 0 N–H and O–H groups in total. The van der Waals surface area contributed by atoms with E-state index in [1.54, 1.807) is 0 Å². The lowest BCUT2D eigenvalue weighted by atomic mass is 9.89. The summed E-state index contributed by atoms with van der Waals surface area (Å²) in [7, 11) is 0. The van der Waals surface area contributed by atoms with Gasteiger partial charge >= 0.3 is 0 Å². The van der Waals surface area contributed by atoms with Gasteiger partial charge in [0.2, 0.25) is 0 Å². The van der Waals surface area contributed by atoms with Crippen LogP contribution in [0.3, 0.4) is 0 Å². The largest absolute Gasteiger partial charge is 0.248 e. The minimum absolute atomic E-state index is 0.634. The molecule has 2 aromatic heterocycles. The van der Waals surface area contributed by atoms with Crippen LogP contribution in [0.2, 0.25) is 0 Å². The van der Waals surface area contributed by atoms with Gasteiger partial charge in [-0.1, -0.05) is 206 Å². The van der Waals surface area contributed by atoms with Crippen molar-refractivity contribution in [3.63, 3.8) is 0 Å². The van der Waals surface area contributed by atoms with Gasteiger partial charge in [0, 0.05) is 27.8 Å². The van der Waals surface area contributed by atoms with E-state index in [1.807, 2.05) is 72.8 Å². The van der Waals surface area contributed by atoms with E-state index < -0.39 is 0 Å². The van der Waals surface area contributed by atoms with Crippen molar-refractivity contribution >= 4 is 10.8 Å².